The predicted octanol–water partition coefficient (Wildman–Crippen LogP) is 4.09. The minimum Gasteiger partial charge on any atom is -0.330 e. The molecule has 29 heavy (non-hydrogen) atoms. The van der Waals surface area contributed by atoms with Crippen LogP contribution in [0.15, 0.2) is 48.5 Å². The molecule has 0 aliphatic heterocycles. The van der Waals surface area contributed by atoms with Crippen molar-refractivity contribution in [3.63, 3.8) is 0 Å². The Hall–Kier alpha value is -3.15. The van der Waals surface area contributed by atoms with Crippen LogP contribution in [0.2, 0.25) is 0 Å². The van der Waals surface area contributed by atoms with Gasteiger partial charge in [-0.3, -0.25) is 14.4 Å². The zero-order chi connectivity index (χ0) is 21.2. The van der Waals surface area contributed by atoms with Gasteiger partial charge in [0.05, 0.1) is 0 Å². The lowest BCUT2D eigenvalue weighted by molar-refractivity contribution is -0.117. The van der Waals surface area contributed by atoms with Gasteiger partial charge in [-0.1, -0.05) is 25.5 Å². The lowest BCUT2D eigenvalue weighted by Crippen LogP contribution is -2.37. The maximum Gasteiger partial charge on any atom is 0.254 e. The van der Waals surface area contributed by atoms with Crippen molar-refractivity contribution in [3.05, 3.63) is 59.7 Å². The number of hydrogen-bond acceptors (Lipinski definition) is 3. The van der Waals surface area contributed by atoms with Gasteiger partial charge in [-0.05, 0) is 61.7 Å². The number of amides is 3. The molecule has 0 atom stereocenters. The van der Waals surface area contributed by atoms with E-state index < -0.39 is 0 Å². The van der Waals surface area contributed by atoms with E-state index in [9.17, 15) is 14.4 Å². The standard InChI is InChI=1S/C23H29N3O3/c1-4-6-7-18-8-10-19(11-9-18)23(29)26(5-2)16-22(28)25-21-14-12-20(13-15-21)24-17(3)27/h8-15H,4-7,16H2,1-3H3,(H,24,27)(H,25,28). The number of rotatable bonds is 9. The van der Waals surface area contributed by atoms with Gasteiger partial charge >= 0.3 is 0 Å². The molecule has 2 aromatic carbocycles. The molecule has 2 N–H and O–H groups in total. The first-order chi connectivity index (χ1) is 13.9. The second-order valence-electron chi connectivity index (χ2n) is 6.93. The second-order valence-corrected chi connectivity index (χ2v) is 6.93. The van der Waals surface area contributed by atoms with E-state index in [1.807, 2.05) is 31.2 Å². The van der Waals surface area contributed by atoms with Gasteiger partial charge < -0.3 is 15.5 Å². The Balaban J connectivity index is 1.94. The Kier molecular flexibility index (Phi) is 8.40. The number of benzene rings is 2. The fourth-order valence-electron chi connectivity index (χ4n) is 2.92. The van der Waals surface area contributed by atoms with Crippen molar-refractivity contribution in [1.82, 2.24) is 4.90 Å². The molecule has 3 amide bonds. The number of aryl methyl sites for hydroxylation is 1. The first-order valence-electron chi connectivity index (χ1n) is 9.98. The van der Waals surface area contributed by atoms with Gasteiger partial charge in [-0.15, -0.1) is 0 Å². The van der Waals surface area contributed by atoms with E-state index in [0.717, 1.165) is 19.3 Å². The number of nitrogens with one attached hydrogen (secondary N) is 2. The van der Waals surface area contributed by atoms with E-state index in [1.54, 1.807) is 24.3 Å². The molecule has 0 heterocycles. The molecule has 6 heteroatoms. The highest BCUT2D eigenvalue weighted by molar-refractivity contribution is 5.99. The van der Waals surface area contributed by atoms with Crippen LogP contribution in [0.25, 0.3) is 0 Å². The monoisotopic (exact) mass is 395 g/mol. The number of likely N-dealkylation sites (N-methyl/N-ethyl adjacent to an activating group) is 1. The molecule has 0 saturated carbocycles. The summed E-state index contributed by atoms with van der Waals surface area (Å²) in [5.41, 5.74) is 3.06. The zero-order valence-electron chi connectivity index (χ0n) is 17.3. The summed E-state index contributed by atoms with van der Waals surface area (Å²) in [4.78, 5) is 37.7. The number of unbranched alkanes of at least 4 members (excludes halogenated alkanes) is 1. The fraction of sp³-hybridized carbons (Fsp3) is 0.348. The maximum atomic E-state index is 12.7. The lowest BCUT2D eigenvalue weighted by Gasteiger charge is -2.20. The Morgan fingerprint density at radius 1 is 0.862 bits per heavy atom. The van der Waals surface area contributed by atoms with Crippen molar-refractivity contribution in [1.29, 1.82) is 0 Å². The van der Waals surface area contributed by atoms with Gasteiger partial charge in [-0.2, -0.15) is 0 Å². The van der Waals surface area contributed by atoms with Crippen molar-refractivity contribution in [2.75, 3.05) is 23.7 Å². The third-order valence-electron chi connectivity index (χ3n) is 4.51. The Bertz CT molecular complexity index is 829. The summed E-state index contributed by atoms with van der Waals surface area (Å²) in [6, 6.07) is 14.4. The Morgan fingerprint density at radius 3 is 1.97 bits per heavy atom. The van der Waals surface area contributed by atoms with Crippen LogP contribution >= 0.6 is 0 Å². The predicted molar refractivity (Wildman–Crippen MR) is 116 cm³/mol. The average Bonchev–Trinajstić information content (AvgIpc) is 2.71. The van der Waals surface area contributed by atoms with Crippen molar-refractivity contribution >= 4 is 29.1 Å². The zero-order valence-corrected chi connectivity index (χ0v) is 17.3. The highest BCUT2D eigenvalue weighted by atomic mass is 16.2. The minimum atomic E-state index is -0.271. The van der Waals surface area contributed by atoms with Gasteiger partial charge in [0.2, 0.25) is 11.8 Å². The summed E-state index contributed by atoms with van der Waals surface area (Å²) in [6.45, 7) is 5.85. The van der Waals surface area contributed by atoms with Crippen LogP contribution in [0, 0.1) is 0 Å². The molecule has 2 aromatic rings. The molecule has 0 unspecified atom stereocenters. The third-order valence-corrected chi connectivity index (χ3v) is 4.51. The van der Waals surface area contributed by atoms with Crippen molar-refractivity contribution in [2.45, 2.75) is 40.0 Å². The van der Waals surface area contributed by atoms with Crippen molar-refractivity contribution < 1.29 is 14.4 Å². The molecule has 0 saturated heterocycles. The molecular formula is C23H29N3O3. The summed E-state index contributed by atoms with van der Waals surface area (Å²) in [5.74, 6) is -0.588. The minimum absolute atomic E-state index is 0.0274. The van der Waals surface area contributed by atoms with Crippen LogP contribution in [0.1, 0.15) is 49.5 Å². The van der Waals surface area contributed by atoms with Crippen LogP contribution in [0.5, 0.6) is 0 Å². The molecule has 0 radical (unpaired) electrons. The normalized spacial score (nSPS) is 10.3. The van der Waals surface area contributed by atoms with E-state index in [4.69, 9.17) is 0 Å². The van der Waals surface area contributed by atoms with Gasteiger partial charge in [0, 0.05) is 30.4 Å². The van der Waals surface area contributed by atoms with E-state index in [2.05, 4.69) is 17.6 Å². The molecule has 154 valence electrons. The van der Waals surface area contributed by atoms with Gasteiger partial charge in [0.15, 0.2) is 0 Å². The Morgan fingerprint density at radius 2 is 1.45 bits per heavy atom. The second kappa shape index (κ2) is 11.0. The molecule has 0 spiro atoms. The summed E-state index contributed by atoms with van der Waals surface area (Å²) < 4.78 is 0. The van der Waals surface area contributed by atoms with Gasteiger partial charge in [0.1, 0.15) is 6.54 Å². The van der Waals surface area contributed by atoms with Crippen LogP contribution in [0.3, 0.4) is 0 Å². The van der Waals surface area contributed by atoms with E-state index >= 15 is 0 Å². The molecule has 0 aliphatic carbocycles. The molecule has 0 bridgehead atoms. The number of carbonyl (C=O) groups is 3. The van der Waals surface area contributed by atoms with Crippen LogP contribution in [-0.4, -0.2) is 35.7 Å². The molecular weight excluding hydrogens is 366 g/mol. The summed E-state index contributed by atoms with van der Waals surface area (Å²) in [5, 5.41) is 5.45. The van der Waals surface area contributed by atoms with E-state index in [1.165, 1.54) is 17.4 Å². The summed E-state index contributed by atoms with van der Waals surface area (Å²) >= 11 is 0. The average molecular weight is 396 g/mol. The number of carbonyl (C=O) groups excluding carboxylic acids is 3. The largest absolute Gasteiger partial charge is 0.330 e. The van der Waals surface area contributed by atoms with Crippen LogP contribution < -0.4 is 10.6 Å². The number of hydrogen-bond donors (Lipinski definition) is 2. The van der Waals surface area contributed by atoms with Gasteiger partial charge in [0.25, 0.3) is 5.91 Å². The first kappa shape index (κ1) is 22.1. The highest BCUT2D eigenvalue weighted by Crippen LogP contribution is 2.14. The van der Waals surface area contributed by atoms with Crippen LogP contribution in [0.4, 0.5) is 11.4 Å². The molecule has 0 aromatic heterocycles. The molecule has 0 fully saturated rings. The quantitative estimate of drug-likeness (QED) is 0.671. The van der Waals surface area contributed by atoms with Crippen molar-refractivity contribution in [2.24, 2.45) is 0 Å². The lowest BCUT2D eigenvalue weighted by atomic mass is 10.1. The highest BCUT2D eigenvalue weighted by Gasteiger charge is 2.17. The van der Waals surface area contributed by atoms with Crippen LogP contribution in [-0.2, 0) is 16.0 Å². The fourth-order valence-corrected chi connectivity index (χ4v) is 2.92. The topological polar surface area (TPSA) is 78.5 Å². The molecule has 6 nitrogen and oxygen atoms in total. The molecule has 2 rings (SSSR count). The summed E-state index contributed by atoms with van der Waals surface area (Å²) in [7, 11) is 0. The van der Waals surface area contributed by atoms with E-state index in [-0.39, 0.29) is 24.3 Å². The maximum absolute atomic E-state index is 12.7. The molecule has 0 aliphatic rings. The Labute approximate surface area is 172 Å². The number of anilines is 2. The third kappa shape index (κ3) is 7.07. The summed E-state index contributed by atoms with van der Waals surface area (Å²) in [6.07, 6.45) is 3.27. The smallest absolute Gasteiger partial charge is 0.254 e. The van der Waals surface area contributed by atoms with E-state index in [0.29, 0.717) is 23.5 Å². The number of nitrogens with zero attached hydrogens (tertiary/aromatic N) is 1. The van der Waals surface area contributed by atoms with Gasteiger partial charge in [-0.25, -0.2) is 0 Å². The van der Waals surface area contributed by atoms with Crippen molar-refractivity contribution in [3.8, 4) is 0 Å². The SMILES string of the molecule is CCCCc1ccc(C(=O)N(CC)CC(=O)Nc2ccc(NC(C)=O)cc2)cc1. The first-order valence-corrected chi connectivity index (χ1v) is 9.98.